The summed E-state index contributed by atoms with van der Waals surface area (Å²) in [5, 5.41) is 14.9. The summed E-state index contributed by atoms with van der Waals surface area (Å²) >= 11 is 0. The van der Waals surface area contributed by atoms with Crippen molar-refractivity contribution in [2.24, 2.45) is 5.14 Å². The predicted molar refractivity (Wildman–Crippen MR) is 93.7 cm³/mol. The van der Waals surface area contributed by atoms with Crippen LogP contribution in [0.2, 0.25) is 0 Å². The maximum absolute atomic E-state index is 11.4. The maximum atomic E-state index is 11.4. The van der Waals surface area contributed by atoms with Gasteiger partial charge in [-0.25, -0.2) is 23.5 Å². The molecule has 25 heavy (non-hydrogen) atoms. The van der Waals surface area contributed by atoms with E-state index in [1.165, 1.54) is 12.1 Å². The first kappa shape index (κ1) is 16.4. The molecule has 0 unspecified atom stereocenters. The molecule has 0 bridgehead atoms. The Hall–Kier alpha value is -2.03. The second-order valence-corrected chi connectivity index (χ2v) is 8.24. The van der Waals surface area contributed by atoms with Gasteiger partial charge in [-0.1, -0.05) is 12.1 Å². The quantitative estimate of drug-likeness (QED) is 0.840. The minimum Gasteiger partial charge on any atom is -0.389 e. The first-order valence-electron chi connectivity index (χ1n) is 8.32. The zero-order chi connectivity index (χ0) is 17.8. The van der Waals surface area contributed by atoms with Crippen LogP contribution in [0, 0.1) is 0 Å². The van der Waals surface area contributed by atoms with Crippen molar-refractivity contribution in [3.05, 3.63) is 35.5 Å². The number of β-amino-alcohol motifs (C(OH)–C–C–N with tert-alkyl or cyclic N) is 1. The van der Waals surface area contributed by atoms with Crippen molar-refractivity contribution in [3.63, 3.8) is 0 Å². The summed E-state index contributed by atoms with van der Waals surface area (Å²) in [4.78, 5) is 11.5. The van der Waals surface area contributed by atoms with Crippen LogP contribution in [0.4, 0.5) is 5.95 Å². The number of hydrogen-bond donors (Lipinski definition) is 2. The molecule has 2 aliphatic rings. The maximum Gasteiger partial charge on any atom is 0.238 e. The first-order valence-corrected chi connectivity index (χ1v) is 9.87. The van der Waals surface area contributed by atoms with Crippen LogP contribution >= 0.6 is 0 Å². The molecule has 0 amide bonds. The fourth-order valence-electron chi connectivity index (χ4n) is 3.44. The number of sulfonamides is 1. The minimum atomic E-state index is -3.71. The number of aliphatic hydroxyl groups excluding tert-OH is 1. The van der Waals surface area contributed by atoms with E-state index in [9.17, 15) is 13.5 Å². The van der Waals surface area contributed by atoms with Gasteiger partial charge >= 0.3 is 0 Å². The Balaban J connectivity index is 1.77. The molecule has 8 heteroatoms. The molecule has 132 valence electrons. The van der Waals surface area contributed by atoms with Gasteiger partial charge in [-0.2, -0.15) is 0 Å². The van der Waals surface area contributed by atoms with Crippen molar-refractivity contribution in [2.75, 3.05) is 11.4 Å². The molecule has 0 spiro atoms. The van der Waals surface area contributed by atoms with E-state index in [4.69, 9.17) is 15.1 Å². The second-order valence-electron chi connectivity index (χ2n) is 6.68. The molecular formula is C17H20N4O3S. The number of rotatable bonds is 3. The van der Waals surface area contributed by atoms with Crippen molar-refractivity contribution >= 4 is 16.0 Å². The van der Waals surface area contributed by atoms with Gasteiger partial charge in [-0.3, -0.25) is 0 Å². The molecule has 1 fully saturated rings. The molecule has 2 aromatic rings. The Morgan fingerprint density at radius 3 is 2.52 bits per heavy atom. The molecule has 0 saturated carbocycles. The lowest BCUT2D eigenvalue weighted by atomic mass is 10.0. The fraction of sp³-hybridized carbons (Fsp3) is 0.412. The summed E-state index contributed by atoms with van der Waals surface area (Å²) in [6.07, 6.45) is 2.51. The van der Waals surface area contributed by atoms with Gasteiger partial charge in [0, 0.05) is 23.4 Å². The van der Waals surface area contributed by atoms with Crippen molar-refractivity contribution in [2.45, 2.75) is 43.2 Å². The summed E-state index contributed by atoms with van der Waals surface area (Å²) in [5.74, 6) is 0.629. The van der Waals surface area contributed by atoms with E-state index in [-0.39, 0.29) is 17.0 Å². The molecule has 2 heterocycles. The second kappa shape index (κ2) is 5.76. The highest BCUT2D eigenvalue weighted by Crippen LogP contribution is 2.34. The van der Waals surface area contributed by atoms with E-state index in [0.717, 1.165) is 41.8 Å². The van der Waals surface area contributed by atoms with Crippen LogP contribution in [-0.2, 0) is 22.9 Å². The third-order valence-electron chi connectivity index (χ3n) is 5.07. The van der Waals surface area contributed by atoms with Crippen LogP contribution in [0.3, 0.4) is 0 Å². The number of anilines is 1. The standard InChI is InChI=1S/C17H20N4O3S/c1-10-15(22)9-21(10)17-19-14-4-2-3-13(14)16(20-17)11-5-7-12(8-6-11)25(18,23)24/h5-8,10,15,22H,2-4,9H2,1H3,(H2,18,23,24)/t10-,15+/m0/s1. The normalized spacial score (nSPS) is 22.6. The summed E-state index contributed by atoms with van der Waals surface area (Å²) in [7, 11) is -3.71. The van der Waals surface area contributed by atoms with Gasteiger partial charge in [-0.05, 0) is 38.3 Å². The van der Waals surface area contributed by atoms with Gasteiger partial charge in [-0.15, -0.1) is 0 Å². The average Bonchev–Trinajstić information content (AvgIpc) is 3.06. The van der Waals surface area contributed by atoms with Crippen molar-refractivity contribution in [3.8, 4) is 11.3 Å². The van der Waals surface area contributed by atoms with Gasteiger partial charge in [0.25, 0.3) is 0 Å². The van der Waals surface area contributed by atoms with Crippen molar-refractivity contribution in [1.29, 1.82) is 0 Å². The SMILES string of the molecule is C[C@H]1[C@H](O)CN1c1nc2c(c(-c3ccc(S(N)(=O)=O)cc3)n1)CCC2. The van der Waals surface area contributed by atoms with Gasteiger partial charge < -0.3 is 10.0 Å². The third-order valence-corrected chi connectivity index (χ3v) is 6.00. The Morgan fingerprint density at radius 1 is 1.20 bits per heavy atom. The zero-order valence-electron chi connectivity index (χ0n) is 13.9. The number of hydrogen-bond acceptors (Lipinski definition) is 6. The number of aliphatic hydroxyl groups is 1. The number of primary sulfonamides is 1. The molecule has 1 aliphatic heterocycles. The van der Waals surface area contributed by atoms with E-state index < -0.39 is 10.0 Å². The Labute approximate surface area is 146 Å². The summed E-state index contributed by atoms with van der Waals surface area (Å²) in [6.45, 7) is 2.48. The smallest absolute Gasteiger partial charge is 0.238 e. The van der Waals surface area contributed by atoms with Crippen LogP contribution in [0.1, 0.15) is 24.6 Å². The summed E-state index contributed by atoms with van der Waals surface area (Å²) < 4.78 is 22.9. The Bertz CT molecular complexity index is 928. The molecule has 0 radical (unpaired) electrons. The topological polar surface area (TPSA) is 109 Å². The van der Waals surface area contributed by atoms with Gasteiger partial charge in [0.15, 0.2) is 0 Å². The number of nitrogens with zero attached hydrogens (tertiary/aromatic N) is 3. The van der Waals surface area contributed by atoms with Crippen LogP contribution in [-0.4, -0.2) is 42.2 Å². The van der Waals surface area contributed by atoms with E-state index in [1.54, 1.807) is 12.1 Å². The van der Waals surface area contributed by atoms with Crippen LogP contribution in [0.5, 0.6) is 0 Å². The Kier molecular flexibility index (Phi) is 3.78. The lowest BCUT2D eigenvalue weighted by Crippen LogP contribution is -2.59. The molecule has 4 rings (SSSR count). The fourth-order valence-corrected chi connectivity index (χ4v) is 3.96. The van der Waals surface area contributed by atoms with Crippen molar-refractivity contribution < 1.29 is 13.5 Å². The largest absolute Gasteiger partial charge is 0.389 e. The van der Waals surface area contributed by atoms with E-state index in [0.29, 0.717) is 12.5 Å². The summed E-state index contributed by atoms with van der Waals surface area (Å²) in [6, 6.07) is 6.47. The highest BCUT2D eigenvalue weighted by Gasteiger charge is 2.36. The monoisotopic (exact) mass is 360 g/mol. The summed E-state index contributed by atoms with van der Waals surface area (Å²) in [5.41, 5.74) is 3.86. The minimum absolute atomic E-state index is 0.00272. The average molecular weight is 360 g/mol. The lowest BCUT2D eigenvalue weighted by Gasteiger charge is -2.43. The van der Waals surface area contributed by atoms with E-state index >= 15 is 0 Å². The molecule has 2 atom stereocenters. The van der Waals surface area contributed by atoms with Gasteiger partial charge in [0.2, 0.25) is 16.0 Å². The van der Waals surface area contributed by atoms with Crippen molar-refractivity contribution in [1.82, 2.24) is 9.97 Å². The van der Waals surface area contributed by atoms with Crippen LogP contribution in [0.15, 0.2) is 29.2 Å². The van der Waals surface area contributed by atoms with E-state index in [1.807, 2.05) is 11.8 Å². The van der Waals surface area contributed by atoms with Gasteiger partial charge in [0.05, 0.1) is 22.7 Å². The molecule has 1 saturated heterocycles. The number of fused-ring (bicyclic) bond motifs is 1. The molecular weight excluding hydrogens is 340 g/mol. The number of nitrogens with two attached hydrogens (primary N) is 1. The number of aryl methyl sites for hydroxylation is 1. The molecule has 3 N–H and O–H groups in total. The number of benzene rings is 1. The third kappa shape index (κ3) is 2.80. The molecule has 1 aliphatic carbocycles. The molecule has 1 aromatic heterocycles. The van der Waals surface area contributed by atoms with Crippen LogP contribution < -0.4 is 10.0 Å². The van der Waals surface area contributed by atoms with E-state index in [2.05, 4.69) is 0 Å². The van der Waals surface area contributed by atoms with Gasteiger partial charge in [0.1, 0.15) is 0 Å². The Morgan fingerprint density at radius 2 is 1.92 bits per heavy atom. The molecule has 7 nitrogen and oxygen atoms in total. The van der Waals surface area contributed by atoms with Crippen LogP contribution in [0.25, 0.3) is 11.3 Å². The first-order chi connectivity index (χ1) is 11.8. The lowest BCUT2D eigenvalue weighted by molar-refractivity contribution is 0.0979. The highest BCUT2D eigenvalue weighted by atomic mass is 32.2. The zero-order valence-corrected chi connectivity index (χ0v) is 14.7. The predicted octanol–water partition coefficient (Wildman–Crippen LogP) is 0.849. The molecule has 1 aromatic carbocycles. The number of aromatic nitrogens is 2. The highest BCUT2D eigenvalue weighted by molar-refractivity contribution is 7.89.